The van der Waals surface area contributed by atoms with Crippen LogP contribution >= 0.6 is 0 Å². The summed E-state index contributed by atoms with van der Waals surface area (Å²) < 4.78 is 6.16. The summed E-state index contributed by atoms with van der Waals surface area (Å²) in [5.41, 5.74) is 4.05. The fourth-order valence-corrected chi connectivity index (χ4v) is 3.13. The van der Waals surface area contributed by atoms with Gasteiger partial charge in [-0.05, 0) is 58.2 Å². The first-order chi connectivity index (χ1) is 9.52. The maximum atomic E-state index is 6.16. The first kappa shape index (κ1) is 17.2. The molecule has 0 bridgehead atoms. The summed E-state index contributed by atoms with van der Waals surface area (Å²) in [5, 5.41) is 3.50. The molecule has 1 rings (SSSR count). The highest BCUT2D eigenvalue weighted by Crippen LogP contribution is 2.28. The minimum atomic E-state index is -0.0698. The van der Waals surface area contributed by atoms with E-state index in [0.29, 0.717) is 6.04 Å². The van der Waals surface area contributed by atoms with Crippen molar-refractivity contribution >= 4 is 0 Å². The van der Waals surface area contributed by atoms with Crippen LogP contribution in [0.3, 0.4) is 0 Å². The quantitative estimate of drug-likeness (QED) is 0.774. The largest absolute Gasteiger partial charge is 0.374 e. The van der Waals surface area contributed by atoms with Crippen LogP contribution in [-0.4, -0.2) is 25.3 Å². The molecule has 0 radical (unpaired) electrons. The van der Waals surface area contributed by atoms with Crippen molar-refractivity contribution in [2.24, 2.45) is 0 Å². The van der Waals surface area contributed by atoms with Gasteiger partial charge in [-0.1, -0.05) is 37.6 Å². The Balaban J connectivity index is 3.02. The molecular formula is C18H31NO. The van der Waals surface area contributed by atoms with Crippen LogP contribution in [0.15, 0.2) is 18.2 Å². The van der Waals surface area contributed by atoms with Gasteiger partial charge in [0, 0.05) is 12.6 Å². The van der Waals surface area contributed by atoms with Crippen molar-refractivity contribution in [2.45, 2.75) is 65.5 Å². The lowest BCUT2D eigenvalue weighted by atomic mass is 9.83. The van der Waals surface area contributed by atoms with Crippen molar-refractivity contribution in [3.8, 4) is 0 Å². The number of benzene rings is 1. The standard InChI is InChI=1S/C18H31NO/c1-7-18(8-2,20-9-3)17(19-6)13-16-12-14(4)10-11-15(16)5/h10-12,17,19H,7-9,13H2,1-6H3. The fourth-order valence-electron chi connectivity index (χ4n) is 3.13. The molecule has 1 unspecified atom stereocenters. The zero-order valence-corrected chi connectivity index (χ0v) is 14.0. The van der Waals surface area contributed by atoms with E-state index in [1.165, 1.54) is 16.7 Å². The van der Waals surface area contributed by atoms with Crippen molar-refractivity contribution in [1.82, 2.24) is 5.32 Å². The van der Waals surface area contributed by atoms with E-state index in [1.807, 2.05) is 0 Å². The van der Waals surface area contributed by atoms with Gasteiger partial charge in [-0.25, -0.2) is 0 Å². The summed E-state index contributed by atoms with van der Waals surface area (Å²) >= 11 is 0. The van der Waals surface area contributed by atoms with Gasteiger partial charge in [0.1, 0.15) is 0 Å². The normalized spacial score (nSPS) is 13.5. The fraction of sp³-hybridized carbons (Fsp3) is 0.667. The first-order valence-electron chi connectivity index (χ1n) is 7.90. The minimum absolute atomic E-state index is 0.0698. The van der Waals surface area contributed by atoms with Gasteiger partial charge in [-0.2, -0.15) is 0 Å². The lowest BCUT2D eigenvalue weighted by Crippen LogP contribution is -2.52. The van der Waals surface area contributed by atoms with Crippen molar-refractivity contribution in [1.29, 1.82) is 0 Å². The van der Waals surface area contributed by atoms with E-state index in [4.69, 9.17) is 4.74 Å². The van der Waals surface area contributed by atoms with Crippen LogP contribution in [0.1, 0.15) is 50.3 Å². The Hall–Kier alpha value is -0.860. The molecule has 0 saturated carbocycles. The van der Waals surface area contributed by atoms with Crippen LogP contribution in [0.2, 0.25) is 0 Å². The van der Waals surface area contributed by atoms with Crippen LogP contribution in [0.5, 0.6) is 0 Å². The second kappa shape index (κ2) is 7.80. The Bertz CT molecular complexity index is 410. The van der Waals surface area contributed by atoms with Gasteiger partial charge in [0.15, 0.2) is 0 Å². The predicted molar refractivity (Wildman–Crippen MR) is 87.4 cm³/mol. The molecule has 2 nitrogen and oxygen atoms in total. The molecule has 2 heteroatoms. The lowest BCUT2D eigenvalue weighted by molar-refractivity contribution is -0.0704. The van der Waals surface area contributed by atoms with Gasteiger partial charge in [0.05, 0.1) is 5.60 Å². The highest BCUT2D eigenvalue weighted by atomic mass is 16.5. The minimum Gasteiger partial charge on any atom is -0.374 e. The Morgan fingerprint density at radius 1 is 1.15 bits per heavy atom. The maximum absolute atomic E-state index is 6.16. The number of rotatable bonds is 8. The summed E-state index contributed by atoms with van der Waals surface area (Å²) in [4.78, 5) is 0. The number of nitrogens with one attached hydrogen (secondary N) is 1. The molecule has 0 aromatic heterocycles. The predicted octanol–water partition coefficient (Wildman–Crippen LogP) is 4.03. The number of hydrogen-bond acceptors (Lipinski definition) is 2. The number of hydrogen-bond donors (Lipinski definition) is 1. The summed E-state index contributed by atoms with van der Waals surface area (Å²) in [6, 6.07) is 7.06. The van der Waals surface area contributed by atoms with E-state index in [-0.39, 0.29) is 5.60 Å². The zero-order valence-electron chi connectivity index (χ0n) is 14.0. The van der Waals surface area contributed by atoms with E-state index >= 15 is 0 Å². The van der Waals surface area contributed by atoms with E-state index in [9.17, 15) is 0 Å². The van der Waals surface area contributed by atoms with E-state index < -0.39 is 0 Å². The molecule has 0 aliphatic rings. The van der Waals surface area contributed by atoms with Gasteiger partial charge in [0.25, 0.3) is 0 Å². The SMILES string of the molecule is CCOC(CC)(CC)C(Cc1cc(C)ccc1C)NC. The summed E-state index contributed by atoms with van der Waals surface area (Å²) in [5.74, 6) is 0. The molecule has 0 heterocycles. The van der Waals surface area contributed by atoms with Crippen LogP contribution in [0.25, 0.3) is 0 Å². The summed E-state index contributed by atoms with van der Waals surface area (Å²) in [6.45, 7) is 11.7. The number of likely N-dealkylation sites (N-methyl/N-ethyl adjacent to an activating group) is 1. The molecule has 1 aromatic carbocycles. The highest BCUT2D eigenvalue weighted by Gasteiger charge is 2.35. The van der Waals surface area contributed by atoms with Crippen LogP contribution in [0, 0.1) is 13.8 Å². The van der Waals surface area contributed by atoms with Crippen molar-refractivity contribution in [2.75, 3.05) is 13.7 Å². The van der Waals surface area contributed by atoms with Crippen molar-refractivity contribution in [3.63, 3.8) is 0 Å². The molecule has 0 saturated heterocycles. The van der Waals surface area contributed by atoms with Crippen LogP contribution < -0.4 is 5.32 Å². The Kier molecular flexibility index (Phi) is 6.70. The van der Waals surface area contributed by atoms with Gasteiger partial charge >= 0.3 is 0 Å². The van der Waals surface area contributed by atoms with Gasteiger partial charge in [-0.3, -0.25) is 0 Å². The topological polar surface area (TPSA) is 21.3 Å². The van der Waals surface area contributed by atoms with Gasteiger partial charge in [0.2, 0.25) is 0 Å². The van der Waals surface area contributed by atoms with Crippen molar-refractivity contribution in [3.05, 3.63) is 34.9 Å². The zero-order chi connectivity index (χ0) is 15.2. The van der Waals surface area contributed by atoms with Crippen LogP contribution in [-0.2, 0) is 11.2 Å². The Morgan fingerprint density at radius 3 is 2.30 bits per heavy atom. The summed E-state index contributed by atoms with van der Waals surface area (Å²) in [6.07, 6.45) is 3.09. The maximum Gasteiger partial charge on any atom is 0.0832 e. The second-order valence-electron chi connectivity index (χ2n) is 5.68. The highest BCUT2D eigenvalue weighted by molar-refractivity contribution is 5.31. The first-order valence-corrected chi connectivity index (χ1v) is 7.90. The lowest BCUT2D eigenvalue weighted by Gasteiger charge is -2.39. The molecule has 0 aliphatic heterocycles. The molecule has 1 aromatic rings. The van der Waals surface area contributed by atoms with Gasteiger partial charge in [-0.15, -0.1) is 0 Å². The molecular weight excluding hydrogens is 246 g/mol. The monoisotopic (exact) mass is 277 g/mol. The van der Waals surface area contributed by atoms with Crippen molar-refractivity contribution < 1.29 is 4.74 Å². The number of aryl methyl sites for hydroxylation is 2. The average Bonchev–Trinajstić information content (AvgIpc) is 2.46. The molecule has 0 spiro atoms. The Morgan fingerprint density at radius 2 is 1.80 bits per heavy atom. The van der Waals surface area contributed by atoms with Crippen LogP contribution in [0.4, 0.5) is 0 Å². The average molecular weight is 277 g/mol. The molecule has 0 aliphatic carbocycles. The van der Waals surface area contributed by atoms with E-state index in [1.54, 1.807) is 0 Å². The molecule has 1 N–H and O–H groups in total. The third kappa shape index (κ3) is 3.83. The Labute approximate surface area is 124 Å². The molecule has 0 amide bonds. The molecule has 0 fully saturated rings. The van der Waals surface area contributed by atoms with Gasteiger partial charge < -0.3 is 10.1 Å². The van der Waals surface area contributed by atoms with E-state index in [0.717, 1.165) is 25.9 Å². The smallest absolute Gasteiger partial charge is 0.0832 e. The molecule has 1 atom stereocenters. The summed E-state index contributed by atoms with van der Waals surface area (Å²) in [7, 11) is 2.05. The number of ether oxygens (including phenoxy) is 1. The third-order valence-corrected chi connectivity index (χ3v) is 4.54. The third-order valence-electron chi connectivity index (χ3n) is 4.54. The van der Waals surface area contributed by atoms with E-state index in [2.05, 4.69) is 65.2 Å². The molecule has 20 heavy (non-hydrogen) atoms. The molecule has 114 valence electrons. The second-order valence-corrected chi connectivity index (χ2v) is 5.68.